The lowest BCUT2D eigenvalue weighted by atomic mass is 10.1. The topological polar surface area (TPSA) is 128 Å². The standard InChI is InChI=1S/C32H23F4N3O7S.C2H6/c1-44-26(40)16-46-28-21(6-2-3-8-25(28)45-15-20-5-4-7-24(37-20)32(42)43)31-39(30(41)27-22(35)13-19(34)14-23(27)36)38-29(47-31)17-9-11-18(33)12-10-17;1-2/h2,4-14,31H,3,15-16H2,1H3,(H,42,43);1-2H3. The number of methoxy groups -OCH3 is 1. The van der Waals surface area contributed by atoms with E-state index in [1.54, 1.807) is 18.2 Å². The summed E-state index contributed by atoms with van der Waals surface area (Å²) < 4.78 is 73.7. The summed E-state index contributed by atoms with van der Waals surface area (Å²) >= 11 is 0.945. The van der Waals surface area contributed by atoms with E-state index >= 15 is 0 Å². The highest BCUT2D eigenvalue weighted by atomic mass is 32.2. The smallest absolute Gasteiger partial charge is 0.354 e. The molecule has 0 saturated carbocycles. The van der Waals surface area contributed by atoms with Crippen LogP contribution in [0, 0.1) is 23.3 Å². The minimum absolute atomic E-state index is 0.0544. The van der Waals surface area contributed by atoms with E-state index in [2.05, 4.69) is 10.1 Å². The number of allylic oxidation sites excluding steroid dienone is 2. The van der Waals surface area contributed by atoms with Gasteiger partial charge in [-0.05, 0) is 48.9 Å². The van der Waals surface area contributed by atoms with Crippen LogP contribution < -0.4 is 0 Å². The van der Waals surface area contributed by atoms with Crippen LogP contribution in [0.4, 0.5) is 17.6 Å². The summed E-state index contributed by atoms with van der Waals surface area (Å²) in [6, 6.07) is 10.1. The van der Waals surface area contributed by atoms with Crippen LogP contribution in [0.1, 0.15) is 52.4 Å². The summed E-state index contributed by atoms with van der Waals surface area (Å²) in [5.74, 6) is -8.02. The number of hydrazone groups is 1. The minimum Gasteiger partial charge on any atom is -0.484 e. The van der Waals surface area contributed by atoms with Crippen LogP contribution in [-0.4, -0.2) is 57.1 Å². The fraction of sp³-hybridized carbons (Fsp3) is 0.206. The van der Waals surface area contributed by atoms with E-state index in [9.17, 15) is 37.1 Å². The zero-order valence-corrected chi connectivity index (χ0v) is 27.1. The van der Waals surface area contributed by atoms with Gasteiger partial charge in [0.25, 0.3) is 5.91 Å². The molecule has 0 fully saturated rings. The van der Waals surface area contributed by atoms with E-state index in [0.29, 0.717) is 17.7 Å². The molecule has 256 valence electrons. The molecule has 0 bridgehead atoms. The summed E-state index contributed by atoms with van der Waals surface area (Å²) in [6.45, 7) is 3.14. The summed E-state index contributed by atoms with van der Waals surface area (Å²) in [7, 11) is 1.14. The maximum absolute atomic E-state index is 14.8. The lowest BCUT2D eigenvalue weighted by molar-refractivity contribution is -0.144. The van der Waals surface area contributed by atoms with Gasteiger partial charge in [-0.2, -0.15) is 5.10 Å². The molecule has 1 aliphatic heterocycles. The number of carbonyl (C=O) groups is 3. The predicted molar refractivity (Wildman–Crippen MR) is 171 cm³/mol. The Morgan fingerprint density at radius 2 is 1.67 bits per heavy atom. The van der Waals surface area contributed by atoms with Crippen molar-refractivity contribution in [1.29, 1.82) is 0 Å². The zero-order valence-electron chi connectivity index (χ0n) is 26.3. The number of nitrogens with zero attached hydrogens (tertiary/aromatic N) is 3. The molecular formula is C34H29F4N3O7S. The molecule has 2 aliphatic rings. The van der Waals surface area contributed by atoms with E-state index in [0.717, 1.165) is 36.0 Å². The number of benzene rings is 2. The summed E-state index contributed by atoms with van der Waals surface area (Å²) in [6.07, 6.45) is 5.05. The second-order valence-corrected chi connectivity index (χ2v) is 10.8. The third-order valence-electron chi connectivity index (χ3n) is 6.62. The Kier molecular flexibility index (Phi) is 12.3. The second-order valence-electron chi connectivity index (χ2n) is 9.74. The average molecular weight is 700 g/mol. The number of hydrogen-bond donors (Lipinski definition) is 1. The van der Waals surface area contributed by atoms with Gasteiger partial charge in [-0.1, -0.05) is 43.8 Å². The van der Waals surface area contributed by atoms with Crippen LogP contribution in [-0.2, 0) is 25.6 Å². The van der Waals surface area contributed by atoms with Gasteiger partial charge < -0.3 is 19.3 Å². The van der Waals surface area contributed by atoms with Crippen molar-refractivity contribution in [2.24, 2.45) is 5.10 Å². The summed E-state index contributed by atoms with van der Waals surface area (Å²) in [5.41, 5.74) is -0.528. The third kappa shape index (κ3) is 8.73. The first-order chi connectivity index (χ1) is 23.5. The second kappa shape index (κ2) is 16.6. The number of carboxylic acid groups (broad SMARTS) is 1. The number of esters is 1. The van der Waals surface area contributed by atoms with Crippen molar-refractivity contribution in [3.63, 3.8) is 0 Å². The van der Waals surface area contributed by atoms with Gasteiger partial charge in [0.05, 0.1) is 12.8 Å². The molecule has 0 spiro atoms. The van der Waals surface area contributed by atoms with E-state index in [-0.39, 0.29) is 46.6 Å². The molecule has 15 heteroatoms. The molecule has 1 aromatic heterocycles. The molecule has 2 aromatic carbocycles. The maximum Gasteiger partial charge on any atom is 0.354 e. The normalized spacial score (nSPS) is 15.4. The fourth-order valence-electron chi connectivity index (χ4n) is 4.43. The van der Waals surface area contributed by atoms with Crippen LogP contribution in [0.3, 0.4) is 0 Å². The Labute approximate surface area is 282 Å². The Hall–Kier alpha value is -5.44. The monoisotopic (exact) mass is 699 g/mol. The van der Waals surface area contributed by atoms with Crippen LogP contribution in [0.25, 0.3) is 0 Å². The van der Waals surface area contributed by atoms with Crippen LogP contribution >= 0.6 is 11.8 Å². The van der Waals surface area contributed by atoms with Crippen LogP contribution in [0.15, 0.2) is 95.0 Å². The molecular weight excluding hydrogens is 670 g/mol. The van der Waals surface area contributed by atoms with Crippen molar-refractivity contribution >= 4 is 34.7 Å². The molecule has 1 amide bonds. The largest absolute Gasteiger partial charge is 0.484 e. The Morgan fingerprint density at radius 1 is 0.980 bits per heavy atom. The molecule has 0 saturated heterocycles. The van der Waals surface area contributed by atoms with E-state index in [4.69, 9.17) is 14.2 Å². The highest BCUT2D eigenvalue weighted by Gasteiger charge is 2.40. The van der Waals surface area contributed by atoms with Crippen molar-refractivity contribution in [1.82, 2.24) is 9.99 Å². The summed E-state index contributed by atoms with van der Waals surface area (Å²) in [5, 5.41) is 13.3. The first kappa shape index (κ1) is 36.4. The number of amides is 1. The number of aromatic carboxylic acids is 1. The van der Waals surface area contributed by atoms with Crippen LogP contribution in [0.5, 0.6) is 0 Å². The van der Waals surface area contributed by atoms with Crippen molar-refractivity contribution in [3.8, 4) is 0 Å². The molecule has 2 heterocycles. The molecule has 49 heavy (non-hydrogen) atoms. The molecule has 10 nitrogen and oxygen atoms in total. The van der Waals surface area contributed by atoms with E-state index < -0.39 is 58.7 Å². The van der Waals surface area contributed by atoms with Gasteiger partial charge in [-0.3, -0.25) is 4.79 Å². The molecule has 1 unspecified atom stereocenters. The van der Waals surface area contributed by atoms with Gasteiger partial charge in [0.15, 0.2) is 18.1 Å². The van der Waals surface area contributed by atoms with Crippen molar-refractivity contribution in [2.45, 2.75) is 32.2 Å². The molecule has 1 N–H and O–H groups in total. The quantitative estimate of drug-likeness (QED) is 0.181. The van der Waals surface area contributed by atoms with Crippen molar-refractivity contribution in [2.75, 3.05) is 13.7 Å². The molecule has 3 aromatic rings. The van der Waals surface area contributed by atoms with Crippen molar-refractivity contribution in [3.05, 3.63) is 136 Å². The predicted octanol–water partition coefficient (Wildman–Crippen LogP) is 6.74. The highest BCUT2D eigenvalue weighted by molar-refractivity contribution is 8.15. The number of carbonyl (C=O) groups excluding carboxylic acids is 2. The number of aromatic nitrogens is 1. The molecule has 0 radical (unpaired) electrons. The number of halogens is 4. The number of ether oxygens (including phenoxy) is 3. The SMILES string of the molecule is CC.COC(=O)COC1=C(C2SC(c3ccc(F)cc3)=NN2C(=O)c2c(F)cc(F)cc2F)C=CCC=C1OCc1cccc(C(=O)O)n1. The highest BCUT2D eigenvalue weighted by Crippen LogP contribution is 2.40. The maximum atomic E-state index is 14.8. The first-order valence-corrected chi connectivity index (χ1v) is 15.6. The Bertz CT molecular complexity index is 1840. The van der Waals surface area contributed by atoms with Gasteiger partial charge in [0, 0.05) is 23.3 Å². The van der Waals surface area contributed by atoms with E-state index in [1.165, 1.54) is 30.3 Å². The number of pyridine rings is 1. The fourth-order valence-corrected chi connectivity index (χ4v) is 5.60. The summed E-state index contributed by atoms with van der Waals surface area (Å²) in [4.78, 5) is 41.3. The minimum atomic E-state index is -1.46. The number of thioether (sulfide) groups is 1. The van der Waals surface area contributed by atoms with Crippen LogP contribution in [0.2, 0.25) is 0 Å². The van der Waals surface area contributed by atoms with Gasteiger partial charge in [0.2, 0.25) is 0 Å². The third-order valence-corrected chi connectivity index (χ3v) is 7.83. The molecule has 1 atom stereocenters. The Balaban J connectivity index is 0.00000265. The first-order valence-electron chi connectivity index (χ1n) is 14.7. The number of carboxylic acids is 1. The number of rotatable bonds is 10. The average Bonchev–Trinajstić information content (AvgIpc) is 3.43. The lowest BCUT2D eigenvalue weighted by Gasteiger charge is -2.25. The van der Waals surface area contributed by atoms with Gasteiger partial charge in [-0.25, -0.2) is 37.1 Å². The lowest BCUT2D eigenvalue weighted by Crippen LogP contribution is -2.34. The zero-order chi connectivity index (χ0) is 35.7. The van der Waals surface area contributed by atoms with E-state index in [1.807, 2.05) is 13.8 Å². The van der Waals surface area contributed by atoms with Crippen molar-refractivity contribution < 1.29 is 51.3 Å². The molecule has 1 aliphatic carbocycles. The van der Waals surface area contributed by atoms with Gasteiger partial charge >= 0.3 is 11.9 Å². The molecule has 5 rings (SSSR count). The van der Waals surface area contributed by atoms with Gasteiger partial charge in [-0.15, -0.1) is 0 Å². The Morgan fingerprint density at radius 3 is 2.33 bits per heavy atom. The van der Waals surface area contributed by atoms with Gasteiger partial charge in [0.1, 0.15) is 51.6 Å². The number of hydrogen-bond acceptors (Lipinski definition) is 9.